The van der Waals surface area contributed by atoms with E-state index in [9.17, 15) is 9.59 Å². The van der Waals surface area contributed by atoms with Crippen LogP contribution in [0.3, 0.4) is 0 Å². The Hall–Kier alpha value is -4.43. The summed E-state index contributed by atoms with van der Waals surface area (Å²) in [5, 5.41) is 6.59. The van der Waals surface area contributed by atoms with Gasteiger partial charge in [0.15, 0.2) is 0 Å². The van der Waals surface area contributed by atoms with E-state index in [0.717, 1.165) is 54.0 Å². The number of carbonyl (C=O) groups excluding carboxylic acids is 2. The lowest BCUT2D eigenvalue weighted by Gasteiger charge is -2.38. The number of amides is 2. The number of benzene rings is 3. The van der Waals surface area contributed by atoms with Crippen molar-refractivity contribution < 1.29 is 14.3 Å². The average molecular weight is 622 g/mol. The number of hydrogen-bond acceptors (Lipinski definition) is 5. The van der Waals surface area contributed by atoms with Crippen LogP contribution >= 0.6 is 0 Å². The fourth-order valence-electron chi connectivity index (χ4n) is 6.53. The number of ether oxygens (including phenoxy) is 1. The number of imidazole rings is 1. The number of nitrogens with zero attached hydrogens (tertiary/aromatic N) is 4. The zero-order valence-corrected chi connectivity index (χ0v) is 27.8. The standard InChI is InChI=1S/C38H47N5O3/c1-29-33(24-17-25-34(40-36(45)46-37(2,3)4)35(44)41(5)42-26-15-16-27-42)39-28-43(29)38(30-18-9-6-10-19-30,31-20-11-7-12-21-31)32-22-13-8-14-23-32/h6-14,18-23,28,34H,15-17,24-27H2,1-5H3,(H,40,45)/t34-/m0/s1. The van der Waals surface area contributed by atoms with Gasteiger partial charge in [-0.05, 0) is 76.5 Å². The van der Waals surface area contributed by atoms with Crippen molar-refractivity contribution in [3.63, 3.8) is 0 Å². The van der Waals surface area contributed by atoms with E-state index in [1.165, 1.54) is 0 Å². The van der Waals surface area contributed by atoms with Gasteiger partial charge in [0.1, 0.15) is 17.2 Å². The van der Waals surface area contributed by atoms with Gasteiger partial charge in [-0.25, -0.2) is 14.8 Å². The second kappa shape index (κ2) is 14.3. The highest BCUT2D eigenvalue weighted by atomic mass is 16.6. The maximum Gasteiger partial charge on any atom is 0.408 e. The van der Waals surface area contributed by atoms with E-state index in [1.807, 2.05) is 50.3 Å². The normalized spacial score (nSPS) is 14.5. The van der Waals surface area contributed by atoms with Gasteiger partial charge in [-0.1, -0.05) is 91.0 Å². The molecule has 2 amide bonds. The van der Waals surface area contributed by atoms with Crippen molar-refractivity contribution in [1.82, 2.24) is 24.9 Å². The second-order valence-corrected chi connectivity index (χ2v) is 13.1. The maximum atomic E-state index is 13.6. The van der Waals surface area contributed by atoms with E-state index in [4.69, 9.17) is 9.72 Å². The summed E-state index contributed by atoms with van der Waals surface area (Å²) in [6, 6.07) is 31.0. The predicted molar refractivity (Wildman–Crippen MR) is 181 cm³/mol. The van der Waals surface area contributed by atoms with Crippen molar-refractivity contribution in [1.29, 1.82) is 0 Å². The molecule has 1 N–H and O–H groups in total. The number of rotatable bonds is 11. The molecule has 0 bridgehead atoms. The number of alkyl carbamates (subject to hydrolysis) is 1. The van der Waals surface area contributed by atoms with Gasteiger partial charge in [-0.3, -0.25) is 9.80 Å². The van der Waals surface area contributed by atoms with Crippen molar-refractivity contribution in [2.24, 2.45) is 0 Å². The molecule has 0 saturated carbocycles. The fraction of sp³-hybridized carbons (Fsp3) is 0.395. The first-order valence-electron chi connectivity index (χ1n) is 16.3. The first kappa shape index (κ1) is 32.9. The molecule has 46 heavy (non-hydrogen) atoms. The average Bonchev–Trinajstić information content (AvgIpc) is 3.72. The topological polar surface area (TPSA) is 79.7 Å². The number of carbonyl (C=O) groups is 2. The van der Waals surface area contributed by atoms with Crippen molar-refractivity contribution in [2.75, 3.05) is 20.1 Å². The number of likely N-dealkylation sites (N-methyl/N-ethyl adjacent to an activating group) is 1. The molecule has 1 saturated heterocycles. The fourth-order valence-corrected chi connectivity index (χ4v) is 6.53. The molecule has 1 aromatic heterocycles. The zero-order valence-electron chi connectivity index (χ0n) is 27.8. The monoisotopic (exact) mass is 621 g/mol. The summed E-state index contributed by atoms with van der Waals surface area (Å²) in [5.74, 6) is -0.133. The Labute approximate surface area is 273 Å². The van der Waals surface area contributed by atoms with E-state index in [1.54, 1.807) is 12.1 Å². The quantitative estimate of drug-likeness (QED) is 0.188. The number of nitrogens with one attached hydrogen (secondary N) is 1. The number of hydrogen-bond donors (Lipinski definition) is 1. The third-order valence-corrected chi connectivity index (χ3v) is 8.77. The Kier molecular flexibility index (Phi) is 10.3. The molecule has 8 nitrogen and oxygen atoms in total. The highest BCUT2D eigenvalue weighted by Gasteiger charge is 2.39. The molecule has 0 aliphatic carbocycles. The summed E-state index contributed by atoms with van der Waals surface area (Å²) < 4.78 is 7.81. The van der Waals surface area contributed by atoms with Crippen LogP contribution in [0.15, 0.2) is 97.3 Å². The molecule has 5 rings (SSSR count). The summed E-state index contributed by atoms with van der Waals surface area (Å²) in [5.41, 5.74) is 4.11. The van der Waals surface area contributed by atoms with Gasteiger partial charge in [-0.15, -0.1) is 0 Å². The Morgan fingerprint density at radius 1 is 0.870 bits per heavy atom. The lowest BCUT2D eigenvalue weighted by Crippen LogP contribution is -2.53. The van der Waals surface area contributed by atoms with E-state index >= 15 is 0 Å². The van der Waals surface area contributed by atoms with Crippen LogP contribution in [0, 0.1) is 6.92 Å². The molecule has 4 aromatic rings. The van der Waals surface area contributed by atoms with Crippen LogP contribution in [0.1, 0.15) is 74.5 Å². The maximum absolute atomic E-state index is 13.6. The minimum Gasteiger partial charge on any atom is -0.444 e. The Balaban J connectivity index is 1.44. The van der Waals surface area contributed by atoms with Crippen LogP contribution in [0.2, 0.25) is 0 Å². The second-order valence-electron chi connectivity index (χ2n) is 13.1. The van der Waals surface area contributed by atoms with Gasteiger partial charge in [0.2, 0.25) is 0 Å². The Morgan fingerprint density at radius 3 is 1.85 bits per heavy atom. The smallest absolute Gasteiger partial charge is 0.408 e. The largest absolute Gasteiger partial charge is 0.444 e. The molecule has 1 aliphatic rings. The number of aromatic nitrogens is 2. The van der Waals surface area contributed by atoms with Crippen LogP contribution in [0.4, 0.5) is 4.79 Å². The SMILES string of the molecule is Cc1c(CCC[C@H](NC(=O)OC(C)(C)C)C(=O)N(C)N2CCCC2)ncn1C(c1ccccc1)(c1ccccc1)c1ccccc1. The third kappa shape index (κ3) is 7.18. The molecule has 3 aromatic carbocycles. The molecule has 8 heteroatoms. The van der Waals surface area contributed by atoms with E-state index < -0.39 is 23.3 Å². The van der Waals surface area contributed by atoms with Gasteiger partial charge in [-0.2, -0.15) is 0 Å². The van der Waals surface area contributed by atoms with E-state index in [2.05, 4.69) is 89.6 Å². The minimum absolute atomic E-state index is 0.133. The molecule has 2 heterocycles. The Bertz CT molecular complexity index is 1480. The summed E-state index contributed by atoms with van der Waals surface area (Å²) in [4.78, 5) is 31.4. The van der Waals surface area contributed by atoms with Crippen LogP contribution in [0.25, 0.3) is 0 Å². The van der Waals surface area contributed by atoms with Crippen molar-refractivity contribution in [2.45, 2.75) is 77.0 Å². The van der Waals surface area contributed by atoms with Crippen LogP contribution in [-0.2, 0) is 21.5 Å². The third-order valence-electron chi connectivity index (χ3n) is 8.77. The van der Waals surface area contributed by atoms with Gasteiger partial charge < -0.3 is 14.6 Å². The molecule has 1 aliphatic heterocycles. The first-order valence-corrected chi connectivity index (χ1v) is 16.3. The highest BCUT2D eigenvalue weighted by molar-refractivity contribution is 5.85. The predicted octanol–water partition coefficient (Wildman–Crippen LogP) is 6.72. The lowest BCUT2D eigenvalue weighted by molar-refractivity contribution is -0.146. The number of aryl methyl sites for hydroxylation is 1. The summed E-state index contributed by atoms with van der Waals surface area (Å²) in [6.45, 7) is 9.25. The van der Waals surface area contributed by atoms with Crippen LogP contribution in [0.5, 0.6) is 0 Å². The Morgan fingerprint density at radius 2 is 1.37 bits per heavy atom. The zero-order chi connectivity index (χ0) is 32.7. The first-order chi connectivity index (χ1) is 22.1. The molecular weight excluding hydrogens is 574 g/mol. The summed E-state index contributed by atoms with van der Waals surface area (Å²) in [6.07, 6.45) is 5.25. The van der Waals surface area contributed by atoms with Gasteiger partial charge in [0, 0.05) is 25.8 Å². The lowest BCUT2D eigenvalue weighted by atomic mass is 9.76. The molecule has 0 spiro atoms. The molecule has 242 valence electrons. The van der Waals surface area contributed by atoms with E-state index in [0.29, 0.717) is 19.3 Å². The molecule has 0 radical (unpaired) electrons. The van der Waals surface area contributed by atoms with Gasteiger partial charge in [0.05, 0.1) is 12.0 Å². The van der Waals surface area contributed by atoms with Crippen molar-refractivity contribution in [3.8, 4) is 0 Å². The summed E-state index contributed by atoms with van der Waals surface area (Å²) in [7, 11) is 1.79. The van der Waals surface area contributed by atoms with Crippen LogP contribution < -0.4 is 5.32 Å². The van der Waals surface area contributed by atoms with Gasteiger partial charge >= 0.3 is 6.09 Å². The highest BCUT2D eigenvalue weighted by Crippen LogP contribution is 2.42. The van der Waals surface area contributed by atoms with Crippen LogP contribution in [-0.4, -0.2) is 63.3 Å². The molecular formula is C38H47N5O3. The number of hydrazine groups is 1. The van der Waals surface area contributed by atoms with Crippen molar-refractivity contribution >= 4 is 12.0 Å². The van der Waals surface area contributed by atoms with E-state index in [-0.39, 0.29) is 5.91 Å². The summed E-state index contributed by atoms with van der Waals surface area (Å²) >= 11 is 0. The minimum atomic E-state index is -0.708. The molecule has 1 fully saturated rings. The molecule has 1 atom stereocenters. The molecule has 0 unspecified atom stereocenters. The van der Waals surface area contributed by atoms with Gasteiger partial charge in [0.25, 0.3) is 5.91 Å². The van der Waals surface area contributed by atoms with Crippen molar-refractivity contribution in [3.05, 3.63) is 125 Å².